The Balaban J connectivity index is 1.58. The van der Waals surface area contributed by atoms with Crippen molar-refractivity contribution in [2.75, 3.05) is 19.0 Å². The maximum absolute atomic E-state index is 12.0. The molecule has 5 nitrogen and oxygen atoms in total. The third kappa shape index (κ3) is 4.28. The molecule has 0 aliphatic heterocycles. The lowest BCUT2D eigenvalue weighted by Crippen LogP contribution is -2.32. The first-order valence-corrected chi connectivity index (χ1v) is 8.01. The van der Waals surface area contributed by atoms with E-state index in [-0.39, 0.29) is 12.6 Å². The molecule has 0 aliphatic rings. The largest absolute Gasteiger partial charge is 0.497 e. The maximum atomic E-state index is 12.0. The quantitative estimate of drug-likeness (QED) is 0.665. The summed E-state index contributed by atoms with van der Waals surface area (Å²) in [6.45, 7) is 0.104. The number of carbonyl (C=O) groups excluding carboxylic acids is 1. The highest BCUT2D eigenvalue weighted by Gasteiger charge is 2.10. The van der Waals surface area contributed by atoms with Crippen molar-refractivity contribution in [3.05, 3.63) is 72.3 Å². The van der Waals surface area contributed by atoms with Gasteiger partial charge >= 0.3 is 6.03 Å². The van der Waals surface area contributed by atoms with Gasteiger partial charge in [0.1, 0.15) is 5.75 Å². The Kier molecular flexibility index (Phi) is 5.16. The molecule has 25 heavy (non-hydrogen) atoms. The standard InChI is InChI=1S/C20H20N2O3/c1-25-18-8-4-7-16(12-18)19(23)13-21-20(24)22-17-10-9-14-5-2-3-6-15(14)11-17/h2-12,19,23H,13H2,1H3,(H2,21,22,24). The number of nitrogens with one attached hydrogen (secondary N) is 2. The monoisotopic (exact) mass is 336 g/mol. The molecule has 1 atom stereocenters. The number of ether oxygens (including phenoxy) is 1. The van der Waals surface area contributed by atoms with E-state index in [0.717, 1.165) is 10.8 Å². The van der Waals surface area contributed by atoms with Gasteiger partial charge in [-0.25, -0.2) is 4.79 Å². The van der Waals surface area contributed by atoms with Crippen LogP contribution >= 0.6 is 0 Å². The van der Waals surface area contributed by atoms with Gasteiger partial charge in [0.05, 0.1) is 13.2 Å². The van der Waals surface area contributed by atoms with Gasteiger partial charge in [-0.15, -0.1) is 0 Å². The normalized spacial score (nSPS) is 11.8. The number of amides is 2. The molecule has 3 aromatic rings. The Bertz CT molecular complexity index is 879. The Labute approximate surface area is 146 Å². The molecule has 0 fully saturated rings. The van der Waals surface area contributed by atoms with E-state index in [1.54, 1.807) is 31.4 Å². The van der Waals surface area contributed by atoms with Crippen LogP contribution in [0.4, 0.5) is 10.5 Å². The number of aliphatic hydroxyl groups is 1. The van der Waals surface area contributed by atoms with Crippen molar-refractivity contribution in [3.8, 4) is 5.75 Å². The lowest BCUT2D eigenvalue weighted by molar-refractivity contribution is 0.175. The molecule has 0 radical (unpaired) electrons. The zero-order valence-electron chi connectivity index (χ0n) is 13.9. The zero-order valence-corrected chi connectivity index (χ0v) is 13.9. The summed E-state index contributed by atoms with van der Waals surface area (Å²) in [5, 5.41) is 17.8. The second kappa shape index (κ2) is 7.68. The minimum absolute atomic E-state index is 0.104. The average molecular weight is 336 g/mol. The van der Waals surface area contributed by atoms with Crippen LogP contribution < -0.4 is 15.4 Å². The Morgan fingerprint density at radius 2 is 1.84 bits per heavy atom. The minimum Gasteiger partial charge on any atom is -0.497 e. The molecule has 0 spiro atoms. The maximum Gasteiger partial charge on any atom is 0.319 e. The average Bonchev–Trinajstić information content (AvgIpc) is 2.66. The van der Waals surface area contributed by atoms with Crippen LogP contribution in [0.5, 0.6) is 5.75 Å². The molecule has 1 unspecified atom stereocenters. The highest BCUT2D eigenvalue weighted by Crippen LogP contribution is 2.20. The third-order valence-corrected chi connectivity index (χ3v) is 3.94. The fourth-order valence-corrected chi connectivity index (χ4v) is 2.60. The van der Waals surface area contributed by atoms with Crippen LogP contribution in [-0.4, -0.2) is 24.8 Å². The molecule has 5 heteroatoms. The topological polar surface area (TPSA) is 70.6 Å². The second-order valence-electron chi connectivity index (χ2n) is 5.69. The van der Waals surface area contributed by atoms with E-state index in [1.807, 2.05) is 42.5 Å². The molecule has 0 saturated carbocycles. The number of hydrogen-bond donors (Lipinski definition) is 3. The van der Waals surface area contributed by atoms with E-state index >= 15 is 0 Å². The molecular formula is C20H20N2O3. The van der Waals surface area contributed by atoms with Crippen molar-refractivity contribution in [1.29, 1.82) is 0 Å². The van der Waals surface area contributed by atoms with E-state index in [9.17, 15) is 9.90 Å². The van der Waals surface area contributed by atoms with Crippen LogP contribution in [0.2, 0.25) is 0 Å². The van der Waals surface area contributed by atoms with Crippen LogP contribution in [0.25, 0.3) is 10.8 Å². The van der Waals surface area contributed by atoms with Crippen molar-refractivity contribution >= 4 is 22.5 Å². The molecule has 2 amide bonds. The number of methoxy groups -OCH3 is 1. The van der Waals surface area contributed by atoms with E-state index in [1.165, 1.54) is 0 Å². The van der Waals surface area contributed by atoms with Crippen LogP contribution in [0.1, 0.15) is 11.7 Å². The van der Waals surface area contributed by atoms with Crippen LogP contribution in [0.15, 0.2) is 66.7 Å². The Hall–Kier alpha value is -3.05. The molecule has 0 aromatic heterocycles. The first kappa shape index (κ1) is 16.8. The van der Waals surface area contributed by atoms with Gasteiger partial charge in [-0.1, -0.05) is 42.5 Å². The first-order valence-electron chi connectivity index (χ1n) is 8.01. The fourth-order valence-electron chi connectivity index (χ4n) is 2.60. The molecule has 3 rings (SSSR count). The van der Waals surface area contributed by atoms with Gasteiger partial charge in [-0.3, -0.25) is 0 Å². The van der Waals surface area contributed by atoms with Crippen molar-refractivity contribution in [1.82, 2.24) is 5.32 Å². The van der Waals surface area contributed by atoms with Gasteiger partial charge in [0.2, 0.25) is 0 Å². The number of fused-ring (bicyclic) bond motifs is 1. The summed E-state index contributed by atoms with van der Waals surface area (Å²) >= 11 is 0. The van der Waals surface area contributed by atoms with Crippen LogP contribution in [0.3, 0.4) is 0 Å². The van der Waals surface area contributed by atoms with Gasteiger partial charge in [0.15, 0.2) is 0 Å². The summed E-state index contributed by atoms with van der Waals surface area (Å²) in [5.41, 5.74) is 1.39. The number of hydrogen-bond acceptors (Lipinski definition) is 3. The van der Waals surface area contributed by atoms with Crippen LogP contribution in [0, 0.1) is 0 Å². The number of urea groups is 1. The number of rotatable bonds is 5. The second-order valence-corrected chi connectivity index (χ2v) is 5.69. The molecule has 0 aliphatic carbocycles. The van der Waals surface area contributed by atoms with Gasteiger partial charge < -0.3 is 20.5 Å². The molecular weight excluding hydrogens is 316 g/mol. The zero-order chi connectivity index (χ0) is 17.6. The third-order valence-electron chi connectivity index (χ3n) is 3.94. The predicted molar refractivity (Wildman–Crippen MR) is 98.9 cm³/mol. The van der Waals surface area contributed by atoms with Gasteiger partial charge in [-0.2, -0.15) is 0 Å². The number of anilines is 1. The summed E-state index contributed by atoms with van der Waals surface area (Å²) in [6, 6.07) is 20.4. The van der Waals surface area contributed by atoms with Gasteiger partial charge in [0, 0.05) is 12.2 Å². The Morgan fingerprint density at radius 1 is 1.04 bits per heavy atom. The summed E-state index contributed by atoms with van der Waals surface area (Å²) in [4.78, 5) is 12.0. The number of aliphatic hydroxyl groups excluding tert-OH is 1. The summed E-state index contributed by atoms with van der Waals surface area (Å²) in [6.07, 6.45) is -0.808. The predicted octanol–water partition coefficient (Wildman–Crippen LogP) is 3.70. The van der Waals surface area contributed by atoms with E-state index < -0.39 is 6.10 Å². The lowest BCUT2D eigenvalue weighted by atomic mass is 10.1. The Morgan fingerprint density at radius 3 is 2.64 bits per heavy atom. The molecule has 0 bridgehead atoms. The summed E-state index contributed by atoms with van der Waals surface area (Å²) in [7, 11) is 1.57. The SMILES string of the molecule is COc1cccc(C(O)CNC(=O)Nc2ccc3ccccc3c2)c1. The van der Waals surface area contributed by atoms with Gasteiger partial charge in [0.25, 0.3) is 0 Å². The van der Waals surface area contributed by atoms with Gasteiger partial charge in [-0.05, 0) is 40.6 Å². The van der Waals surface area contributed by atoms with E-state index in [2.05, 4.69) is 10.6 Å². The van der Waals surface area contributed by atoms with Crippen molar-refractivity contribution in [2.45, 2.75) is 6.10 Å². The lowest BCUT2D eigenvalue weighted by Gasteiger charge is -2.14. The van der Waals surface area contributed by atoms with E-state index in [4.69, 9.17) is 4.74 Å². The molecule has 3 aromatic carbocycles. The fraction of sp³-hybridized carbons (Fsp3) is 0.150. The summed E-state index contributed by atoms with van der Waals surface area (Å²) in [5.74, 6) is 0.664. The number of benzene rings is 3. The smallest absolute Gasteiger partial charge is 0.319 e. The highest BCUT2D eigenvalue weighted by molar-refractivity contribution is 5.93. The minimum atomic E-state index is -0.808. The number of carbonyl (C=O) groups is 1. The molecule has 0 heterocycles. The van der Waals surface area contributed by atoms with Crippen molar-refractivity contribution < 1.29 is 14.6 Å². The van der Waals surface area contributed by atoms with E-state index in [0.29, 0.717) is 17.0 Å². The first-order chi connectivity index (χ1) is 12.2. The molecule has 0 saturated heterocycles. The van der Waals surface area contributed by atoms with Crippen molar-refractivity contribution in [2.24, 2.45) is 0 Å². The highest BCUT2D eigenvalue weighted by atomic mass is 16.5. The van der Waals surface area contributed by atoms with Crippen molar-refractivity contribution in [3.63, 3.8) is 0 Å². The van der Waals surface area contributed by atoms with Crippen LogP contribution in [-0.2, 0) is 0 Å². The summed E-state index contributed by atoms with van der Waals surface area (Å²) < 4.78 is 5.13. The molecule has 128 valence electrons. The molecule has 3 N–H and O–H groups in total.